The van der Waals surface area contributed by atoms with Gasteiger partial charge in [-0.25, -0.2) is 0 Å². The van der Waals surface area contributed by atoms with Crippen molar-refractivity contribution in [2.75, 3.05) is 12.4 Å². The number of para-hydroxylation sites is 1. The van der Waals surface area contributed by atoms with Gasteiger partial charge >= 0.3 is 5.97 Å². The highest BCUT2D eigenvalue weighted by atomic mass is 16.4. The van der Waals surface area contributed by atoms with Gasteiger partial charge in [0.2, 0.25) is 0 Å². The number of aliphatic carboxylic acids is 1. The van der Waals surface area contributed by atoms with Crippen molar-refractivity contribution in [2.45, 2.75) is 13.3 Å². The molecule has 0 bridgehead atoms. The van der Waals surface area contributed by atoms with Crippen molar-refractivity contribution >= 4 is 22.6 Å². The minimum Gasteiger partial charge on any atom is -0.481 e. The van der Waals surface area contributed by atoms with Crippen LogP contribution in [-0.4, -0.2) is 23.1 Å². The molecule has 0 unspecified atom stereocenters. The van der Waals surface area contributed by atoms with Crippen molar-refractivity contribution in [3.8, 4) is 0 Å². The zero-order valence-corrected chi connectivity index (χ0v) is 9.82. The number of rotatable bonds is 3. The molecule has 0 radical (unpaired) electrons. The third-order valence-electron chi connectivity index (χ3n) is 2.78. The van der Waals surface area contributed by atoms with Crippen molar-refractivity contribution in [1.82, 2.24) is 4.98 Å². The molecule has 0 fully saturated rings. The summed E-state index contributed by atoms with van der Waals surface area (Å²) in [5.74, 6) is -0.846. The lowest BCUT2D eigenvalue weighted by Crippen LogP contribution is -2.08. The molecule has 0 aliphatic rings. The quantitative estimate of drug-likeness (QED) is 0.848. The summed E-state index contributed by atoms with van der Waals surface area (Å²) in [7, 11) is 1.80. The normalized spacial score (nSPS) is 10.5. The molecule has 0 aliphatic carbocycles. The lowest BCUT2D eigenvalue weighted by Gasteiger charge is -2.13. The van der Waals surface area contributed by atoms with Crippen LogP contribution in [0.5, 0.6) is 0 Å². The molecule has 0 spiro atoms. The van der Waals surface area contributed by atoms with Crippen molar-refractivity contribution in [3.63, 3.8) is 0 Å². The zero-order valence-electron chi connectivity index (χ0n) is 9.82. The van der Waals surface area contributed by atoms with Crippen LogP contribution in [0.1, 0.15) is 11.3 Å². The third kappa shape index (κ3) is 2.06. The Hall–Kier alpha value is -2.10. The van der Waals surface area contributed by atoms with Gasteiger partial charge in [0.15, 0.2) is 0 Å². The number of nitrogens with one attached hydrogen (secondary N) is 1. The molecule has 4 heteroatoms. The van der Waals surface area contributed by atoms with E-state index >= 15 is 0 Å². The van der Waals surface area contributed by atoms with E-state index in [1.54, 1.807) is 7.05 Å². The molecule has 0 aliphatic heterocycles. The van der Waals surface area contributed by atoms with Crippen LogP contribution in [0, 0.1) is 6.92 Å². The monoisotopic (exact) mass is 230 g/mol. The van der Waals surface area contributed by atoms with E-state index < -0.39 is 5.97 Å². The molecule has 1 aromatic carbocycles. The Bertz CT molecular complexity index is 579. The van der Waals surface area contributed by atoms with Crippen molar-refractivity contribution < 1.29 is 9.90 Å². The summed E-state index contributed by atoms with van der Waals surface area (Å²) in [5, 5.41) is 13.0. The van der Waals surface area contributed by atoms with E-state index in [-0.39, 0.29) is 6.42 Å². The first-order valence-electron chi connectivity index (χ1n) is 5.41. The van der Waals surface area contributed by atoms with Crippen molar-refractivity contribution in [3.05, 3.63) is 35.5 Å². The molecule has 88 valence electrons. The van der Waals surface area contributed by atoms with Gasteiger partial charge < -0.3 is 10.4 Å². The van der Waals surface area contributed by atoms with Crippen LogP contribution in [0.25, 0.3) is 10.9 Å². The van der Waals surface area contributed by atoms with Crippen LogP contribution in [0.4, 0.5) is 5.69 Å². The molecule has 1 aromatic heterocycles. The topological polar surface area (TPSA) is 62.2 Å². The van der Waals surface area contributed by atoms with Crippen LogP contribution in [0.15, 0.2) is 24.3 Å². The standard InChI is InChI=1S/C13H14N2O2/c1-8-10(7-12(16)17)13(14-2)9-5-3-4-6-11(9)15-8/h3-6H,7H2,1-2H3,(H,14,15)(H,16,17). The molecule has 0 amide bonds. The van der Waals surface area contributed by atoms with E-state index in [9.17, 15) is 4.79 Å². The van der Waals surface area contributed by atoms with Gasteiger partial charge in [0.05, 0.1) is 11.9 Å². The number of hydrogen-bond donors (Lipinski definition) is 2. The molecule has 2 rings (SSSR count). The van der Waals surface area contributed by atoms with E-state index in [2.05, 4.69) is 10.3 Å². The van der Waals surface area contributed by atoms with E-state index in [0.29, 0.717) is 0 Å². The Kier molecular flexibility index (Phi) is 2.95. The minimum absolute atomic E-state index is 0.0140. The Morgan fingerprint density at radius 3 is 2.76 bits per heavy atom. The molecule has 4 nitrogen and oxygen atoms in total. The summed E-state index contributed by atoms with van der Waals surface area (Å²) in [4.78, 5) is 15.3. The molecule has 1 heterocycles. The van der Waals surface area contributed by atoms with Crippen molar-refractivity contribution in [2.24, 2.45) is 0 Å². The average Bonchev–Trinajstić information content (AvgIpc) is 2.29. The summed E-state index contributed by atoms with van der Waals surface area (Å²) in [6.45, 7) is 1.84. The highest BCUT2D eigenvalue weighted by Gasteiger charge is 2.13. The Balaban J connectivity index is 2.73. The Morgan fingerprint density at radius 2 is 2.12 bits per heavy atom. The fraction of sp³-hybridized carbons (Fsp3) is 0.231. The molecule has 0 atom stereocenters. The van der Waals surface area contributed by atoms with Crippen LogP contribution < -0.4 is 5.32 Å². The van der Waals surface area contributed by atoms with Crippen molar-refractivity contribution in [1.29, 1.82) is 0 Å². The molecule has 0 saturated heterocycles. The van der Waals surface area contributed by atoms with Gasteiger partial charge in [-0.3, -0.25) is 9.78 Å². The Labute approximate surface area is 99.3 Å². The average molecular weight is 230 g/mol. The number of carboxylic acid groups (broad SMARTS) is 1. The lowest BCUT2D eigenvalue weighted by molar-refractivity contribution is -0.136. The predicted octanol–water partition coefficient (Wildman–Crippen LogP) is 2.21. The first-order chi connectivity index (χ1) is 8.13. The molecule has 0 saturated carbocycles. The number of anilines is 1. The van der Waals surface area contributed by atoms with E-state index in [4.69, 9.17) is 5.11 Å². The maximum Gasteiger partial charge on any atom is 0.307 e. The van der Waals surface area contributed by atoms with Gasteiger partial charge in [-0.15, -0.1) is 0 Å². The number of nitrogens with zero attached hydrogens (tertiary/aromatic N) is 1. The number of carbonyl (C=O) groups is 1. The Morgan fingerprint density at radius 1 is 1.41 bits per heavy atom. The number of aryl methyl sites for hydroxylation is 1. The largest absolute Gasteiger partial charge is 0.481 e. The van der Waals surface area contributed by atoms with Crippen LogP contribution in [0.2, 0.25) is 0 Å². The zero-order chi connectivity index (χ0) is 12.4. The van der Waals surface area contributed by atoms with Gasteiger partial charge in [0, 0.05) is 29.4 Å². The lowest BCUT2D eigenvalue weighted by atomic mass is 10.0. The SMILES string of the molecule is CNc1c(CC(=O)O)c(C)nc2ccccc12. The summed E-state index contributed by atoms with van der Waals surface area (Å²) in [6, 6.07) is 7.71. The van der Waals surface area contributed by atoms with Crippen LogP contribution >= 0.6 is 0 Å². The fourth-order valence-corrected chi connectivity index (χ4v) is 2.03. The maximum absolute atomic E-state index is 10.9. The van der Waals surface area contributed by atoms with Crippen LogP contribution in [-0.2, 0) is 11.2 Å². The highest BCUT2D eigenvalue weighted by molar-refractivity contribution is 5.94. The third-order valence-corrected chi connectivity index (χ3v) is 2.78. The highest BCUT2D eigenvalue weighted by Crippen LogP contribution is 2.28. The van der Waals surface area contributed by atoms with Gasteiger partial charge in [-0.1, -0.05) is 18.2 Å². The first kappa shape index (κ1) is 11.4. The number of pyridine rings is 1. The molecular formula is C13H14N2O2. The second-order valence-corrected chi connectivity index (χ2v) is 3.89. The summed E-state index contributed by atoms with van der Waals surface area (Å²) < 4.78 is 0. The summed E-state index contributed by atoms with van der Waals surface area (Å²) >= 11 is 0. The van der Waals surface area contributed by atoms with Gasteiger partial charge in [-0.2, -0.15) is 0 Å². The number of aromatic nitrogens is 1. The smallest absolute Gasteiger partial charge is 0.307 e. The number of hydrogen-bond acceptors (Lipinski definition) is 3. The second kappa shape index (κ2) is 4.41. The molecule has 2 N–H and O–H groups in total. The van der Waals surface area contributed by atoms with Crippen LogP contribution in [0.3, 0.4) is 0 Å². The maximum atomic E-state index is 10.9. The summed E-state index contributed by atoms with van der Waals surface area (Å²) in [6.07, 6.45) is -0.0140. The van der Waals surface area contributed by atoms with Gasteiger partial charge in [-0.05, 0) is 13.0 Å². The fourth-order valence-electron chi connectivity index (χ4n) is 2.03. The van der Waals surface area contributed by atoms with Gasteiger partial charge in [0.25, 0.3) is 0 Å². The molecule has 2 aromatic rings. The predicted molar refractivity (Wildman–Crippen MR) is 67.4 cm³/mol. The summed E-state index contributed by atoms with van der Waals surface area (Å²) in [5.41, 5.74) is 3.24. The van der Waals surface area contributed by atoms with Gasteiger partial charge in [0.1, 0.15) is 0 Å². The minimum atomic E-state index is -0.846. The van der Waals surface area contributed by atoms with E-state index in [1.807, 2.05) is 31.2 Å². The van der Waals surface area contributed by atoms with E-state index in [0.717, 1.165) is 27.8 Å². The molecular weight excluding hydrogens is 216 g/mol. The number of benzene rings is 1. The second-order valence-electron chi connectivity index (χ2n) is 3.89. The first-order valence-corrected chi connectivity index (χ1v) is 5.41. The number of fused-ring (bicyclic) bond motifs is 1. The number of carboxylic acids is 1. The molecule has 17 heavy (non-hydrogen) atoms. The van der Waals surface area contributed by atoms with E-state index in [1.165, 1.54) is 0 Å².